The van der Waals surface area contributed by atoms with Gasteiger partial charge in [0, 0.05) is 43.5 Å². The number of halogens is 2. The second kappa shape index (κ2) is 11.6. The molecule has 3 N–H and O–H groups in total. The number of likely N-dealkylation sites (tertiary alicyclic amines) is 1. The van der Waals surface area contributed by atoms with Crippen LogP contribution in [0.1, 0.15) is 68.9 Å². The third-order valence-electron chi connectivity index (χ3n) is 8.49. The number of nitrogens with zero attached hydrogens (tertiary/aromatic N) is 3. The zero-order valence-corrected chi connectivity index (χ0v) is 24.7. The molecular formula is C31H37F2N5O5. The highest BCUT2D eigenvalue weighted by Gasteiger charge is 2.49. The van der Waals surface area contributed by atoms with E-state index in [1.165, 1.54) is 19.2 Å². The van der Waals surface area contributed by atoms with E-state index in [-0.39, 0.29) is 35.4 Å². The lowest BCUT2D eigenvalue weighted by atomic mass is 9.78. The fourth-order valence-electron chi connectivity index (χ4n) is 6.00. The van der Waals surface area contributed by atoms with Gasteiger partial charge in [0.2, 0.25) is 11.8 Å². The van der Waals surface area contributed by atoms with Gasteiger partial charge >= 0.3 is 0 Å². The van der Waals surface area contributed by atoms with E-state index >= 15 is 0 Å². The maximum absolute atomic E-state index is 14.3. The number of aliphatic hydroxyl groups is 1. The summed E-state index contributed by atoms with van der Waals surface area (Å²) in [5.41, 5.74) is -1.64. The maximum Gasteiger partial charge on any atom is 0.274 e. The first-order valence-corrected chi connectivity index (χ1v) is 14.3. The van der Waals surface area contributed by atoms with E-state index in [4.69, 9.17) is 9.26 Å². The molecule has 0 unspecified atom stereocenters. The molecule has 2 aromatic heterocycles. The van der Waals surface area contributed by atoms with Crippen molar-refractivity contribution in [2.75, 3.05) is 20.2 Å². The summed E-state index contributed by atoms with van der Waals surface area (Å²) in [5, 5.41) is 20.3. The van der Waals surface area contributed by atoms with Crippen LogP contribution in [0.3, 0.4) is 0 Å². The van der Waals surface area contributed by atoms with Gasteiger partial charge in [0.15, 0.2) is 11.5 Å². The summed E-state index contributed by atoms with van der Waals surface area (Å²) < 4.78 is 38.1. The third kappa shape index (κ3) is 6.86. The molecule has 0 bridgehead atoms. The van der Waals surface area contributed by atoms with Crippen LogP contribution in [0.2, 0.25) is 0 Å². The molecule has 12 heteroatoms. The number of benzene rings is 1. The van der Waals surface area contributed by atoms with Crippen LogP contribution in [0.4, 0.5) is 8.78 Å². The van der Waals surface area contributed by atoms with E-state index in [0.29, 0.717) is 31.8 Å². The SMILES string of the molecule is COc1cc(C(C)(C)NC(=O)CC2(NC(=O)c3cc(-c4ccc(F)cc4F)on3)CN(C3CCC(C)(O)CC3)C2)ccn1. The Morgan fingerprint density at radius 3 is 2.56 bits per heavy atom. The molecule has 0 radical (unpaired) electrons. The molecule has 3 heterocycles. The summed E-state index contributed by atoms with van der Waals surface area (Å²) in [6.45, 7) is 6.45. The lowest BCUT2D eigenvalue weighted by molar-refractivity contribution is -0.127. The van der Waals surface area contributed by atoms with Gasteiger partial charge in [0.25, 0.3) is 5.91 Å². The van der Waals surface area contributed by atoms with Gasteiger partial charge in [-0.25, -0.2) is 13.8 Å². The molecule has 2 aliphatic rings. The molecule has 1 aliphatic carbocycles. The Bertz CT molecular complexity index is 1490. The third-order valence-corrected chi connectivity index (χ3v) is 8.49. The van der Waals surface area contributed by atoms with E-state index < -0.39 is 34.2 Å². The molecule has 230 valence electrons. The second-order valence-electron chi connectivity index (χ2n) is 12.5. The first kappa shape index (κ1) is 30.6. The topological polar surface area (TPSA) is 130 Å². The lowest BCUT2D eigenvalue weighted by Gasteiger charge is -2.54. The summed E-state index contributed by atoms with van der Waals surface area (Å²) in [5.74, 6) is -2.00. The van der Waals surface area contributed by atoms with E-state index in [0.717, 1.165) is 30.5 Å². The van der Waals surface area contributed by atoms with Crippen molar-refractivity contribution >= 4 is 11.8 Å². The van der Waals surface area contributed by atoms with Gasteiger partial charge in [-0.1, -0.05) is 5.16 Å². The summed E-state index contributed by atoms with van der Waals surface area (Å²) in [7, 11) is 1.52. The predicted octanol–water partition coefficient (Wildman–Crippen LogP) is 3.94. The Labute approximate surface area is 248 Å². The van der Waals surface area contributed by atoms with E-state index in [1.54, 1.807) is 18.3 Å². The monoisotopic (exact) mass is 597 g/mol. The minimum absolute atomic E-state index is 0.00260. The van der Waals surface area contributed by atoms with Crippen molar-refractivity contribution in [3.05, 3.63) is 65.5 Å². The van der Waals surface area contributed by atoms with Crippen LogP contribution in [-0.4, -0.2) is 69.3 Å². The van der Waals surface area contributed by atoms with Crippen molar-refractivity contribution in [2.24, 2.45) is 0 Å². The number of rotatable bonds is 9. The van der Waals surface area contributed by atoms with Crippen LogP contribution >= 0.6 is 0 Å². The van der Waals surface area contributed by atoms with Crippen LogP contribution in [0.5, 0.6) is 5.88 Å². The smallest absolute Gasteiger partial charge is 0.274 e. The molecule has 1 saturated carbocycles. The Morgan fingerprint density at radius 2 is 1.88 bits per heavy atom. The standard InChI is InChI=1S/C31H37F2N5O5/c1-29(2,19-9-12-34-27(13-19)42-4)35-26(39)16-31(17-38(18-31)21-7-10-30(3,41)11-8-21)36-28(40)24-15-25(43-37-24)22-6-5-20(32)14-23(22)33/h5-6,9,12-15,21,41H,7-8,10-11,16-18H2,1-4H3,(H,35,39)(H,36,40). The van der Waals surface area contributed by atoms with Gasteiger partial charge in [-0.15, -0.1) is 0 Å². The molecule has 2 amide bonds. The Morgan fingerprint density at radius 1 is 1.16 bits per heavy atom. The van der Waals surface area contributed by atoms with Gasteiger partial charge in [-0.05, 0) is 70.2 Å². The number of methoxy groups -OCH3 is 1. The van der Waals surface area contributed by atoms with E-state index in [1.807, 2.05) is 20.8 Å². The molecule has 0 atom stereocenters. The zero-order valence-electron chi connectivity index (χ0n) is 24.7. The number of hydrogen-bond donors (Lipinski definition) is 3. The van der Waals surface area contributed by atoms with E-state index in [9.17, 15) is 23.5 Å². The van der Waals surface area contributed by atoms with Gasteiger partial charge in [-0.3, -0.25) is 14.5 Å². The van der Waals surface area contributed by atoms with Crippen molar-refractivity contribution in [2.45, 2.75) is 75.6 Å². The minimum Gasteiger partial charge on any atom is -0.481 e. The molecule has 5 rings (SSSR count). The molecular weight excluding hydrogens is 560 g/mol. The fraction of sp³-hybridized carbons (Fsp3) is 0.484. The fourth-order valence-corrected chi connectivity index (χ4v) is 6.00. The summed E-state index contributed by atoms with van der Waals surface area (Å²) in [4.78, 5) is 33.2. The van der Waals surface area contributed by atoms with Crippen molar-refractivity contribution in [3.63, 3.8) is 0 Å². The number of pyridine rings is 1. The van der Waals surface area contributed by atoms with Crippen molar-refractivity contribution in [3.8, 4) is 17.2 Å². The quantitative estimate of drug-likeness (QED) is 0.338. The Kier molecular flexibility index (Phi) is 8.28. The van der Waals surface area contributed by atoms with Crippen LogP contribution < -0.4 is 15.4 Å². The summed E-state index contributed by atoms with van der Waals surface area (Å²) in [6.07, 6.45) is 4.60. The zero-order chi connectivity index (χ0) is 31.0. The average molecular weight is 598 g/mol. The van der Waals surface area contributed by atoms with Gasteiger partial charge in [-0.2, -0.15) is 0 Å². The predicted molar refractivity (Wildman–Crippen MR) is 153 cm³/mol. The highest BCUT2D eigenvalue weighted by Crippen LogP contribution is 2.36. The minimum atomic E-state index is -0.895. The van der Waals surface area contributed by atoms with Crippen molar-refractivity contribution in [1.82, 2.24) is 25.7 Å². The molecule has 1 aliphatic heterocycles. The number of aromatic nitrogens is 2. The van der Waals surface area contributed by atoms with Gasteiger partial charge in [0.05, 0.1) is 35.8 Å². The number of hydrogen-bond acceptors (Lipinski definition) is 8. The summed E-state index contributed by atoms with van der Waals surface area (Å²) >= 11 is 0. The van der Waals surface area contributed by atoms with Crippen LogP contribution in [0, 0.1) is 11.6 Å². The van der Waals surface area contributed by atoms with Crippen molar-refractivity contribution < 1.29 is 32.7 Å². The average Bonchev–Trinajstić information content (AvgIpc) is 3.41. The molecule has 2 fully saturated rings. The molecule has 1 saturated heterocycles. The largest absolute Gasteiger partial charge is 0.481 e. The van der Waals surface area contributed by atoms with Gasteiger partial charge < -0.3 is 25.0 Å². The summed E-state index contributed by atoms with van der Waals surface area (Å²) in [6, 6.07) is 8.11. The normalized spacial score (nSPS) is 22.0. The number of nitrogens with one attached hydrogen (secondary N) is 2. The number of ether oxygens (including phenoxy) is 1. The van der Waals surface area contributed by atoms with Crippen LogP contribution in [-0.2, 0) is 10.3 Å². The number of amides is 2. The van der Waals surface area contributed by atoms with Crippen LogP contribution in [0.15, 0.2) is 47.1 Å². The highest BCUT2D eigenvalue weighted by atomic mass is 19.1. The Balaban J connectivity index is 1.31. The second-order valence-corrected chi connectivity index (χ2v) is 12.5. The molecule has 3 aromatic rings. The lowest BCUT2D eigenvalue weighted by Crippen LogP contribution is -2.73. The first-order chi connectivity index (χ1) is 20.3. The molecule has 1 aromatic carbocycles. The van der Waals surface area contributed by atoms with Crippen LogP contribution in [0.25, 0.3) is 11.3 Å². The number of carbonyl (C=O) groups is 2. The maximum atomic E-state index is 14.3. The van der Waals surface area contributed by atoms with Crippen molar-refractivity contribution in [1.29, 1.82) is 0 Å². The molecule has 43 heavy (non-hydrogen) atoms. The molecule has 0 spiro atoms. The highest BCUT2D eigenvalue weighted by molar-refractivity contribution is 5.94. The Hall–Kier alpha value is -3.90. The number of carbonyl (C=O) groups excluding carboxylic acids is 2. The van der Waals surface area contributed by atoms with E-state index in [2.05, 4.69) is 25.7 Å². The molecule has 10 nitrogen and oxygen atoms in total. The van der Waals surface area contributed by atoms with Gasteiger partial charge in [0.1, 0.15) is 11.6 Å². The first-order valence-electron chi connectivity index (χ1n) is 14.3.